The summed E-state index contributed by atoms with van der Waals surface area (Å²) in [7, 11) is 0. The van der Waals surface area contributed by atoms with Crippen LogP contribution in [-0.4, -0.2) is 20.9 Å². The molecule has 0 bridgehead atoms. The fraction of sp³-hybridized carbons (Fsp3) is 0.385. The van der Waals surface area contributed by atoms with Crippen molar-refractivity contribution in [1.82, 2.24) is 9.78 Å². The lowest BCUT2D eigenvalue weighted by atomic mass is 10.2. The van der Waals surface area contributed by atoms with Gasteiger partial charge >= 0.3 is 5.97 Å². The standard InChI is InChI=1S/C13H13BrN2O3/c1-7(8-2-3-8)16-6-9(13(17)18)12(15-16)10-4-5-11(14)19-10/h4-8H,2-3H2,1H3,(H,17,18). The van der Waals surface area contributed by atoms with Gasteiger partial charge in [-0.2, -0.15) is 5.10 Å². The van der Waals surface area contributed by atoms with Gasteiger partial charge in [-0.3, -0.25) is 4.68 Å². The van der Waals surface area contributed by atoms with Crippen molar-refractivity contribution in [3.8, 4) is 11.5 Å². The minimum absolute atomic E-state index is 0.175. The molecule has 0 spiro atoms. The first-order valence-corrected chi connectivity index (χ1v) is 6.93. The number of aromatic carboxylic acids is 1. The molecule has 6 heteroatoms. The highest BCUT2D eigenvalue weighted by Gasteiger charge is 2.31. The molecular weight excluding hydrogens is 312 g/mol. The zero-order valence-electron chi connectivity index (χ0n) is 10.3. The maximum Gasteiger partial charge on any atom is 0.339 e. The van der Waals surface area contributed by atoms with Crippen LogP contribution >= 0.6 is 15.9 Å². The number of hydrogen-bond acceptors (Lipinski definition) is 3. The summed E-state index contributed by atoms with van der Waals surface area (Å²) < 4.78 is 7.71. The number of carbonyl (C=O) groups is 1. The predicted octanol–water partition coefficient (Wildman–Crippen LogP) is 3.57. The smallest absolute Gasteiger partial charge is 0.339 e. The average Bonchev–Trinajstić information content (AvgIpc) is 2.96. The van der Waals surface area contributed by atoms with Crippen LogP contribution in [0.3, 0.4) is 0 Å². The Bertz CT molecular complexity index is 628. The molecule has 0 radical (unpaired) electrons. The Morgan fingerprint density at radius 2 is 2.32 bits per heavy atom. The third kappa shape index (κ3) is 2.32. The van der Waals surface area contributed by atoms with Gasteiger partial charge in [0, 0.05) is 6.20 Å². The Balaban J connectivity index is 2.04. The first kappa shape index (κ1) is 12.5. The van der Waals surface area contributed by atoms with E-state index in [1.165, 1.54) is 12.8 Å². The van der Waals surface area contributed by atoms with Crippen molar-refractivity contribution in [2.24, 2.45) is 5.92 Å². The molecule has 3 rings (SSSR count). The third-order valence-corrected chi connectivity index (χ3v) is 3.92. The molecule has 1 unspecified atom stereocenters. The van der Waals surface area contributed by atoms with Crippen LogP contribution in [0.4, 0.5) is 0 Å². The highest BCUT2D eigenvalue weighted by molar-refractivity contribution is 9.10. The van der Waals surface area contributed by atoms with E-state index in [4.69, 9.17) is 4.42 Å². The van der Waals surface area contributed by atoms with Crippen molar-refractivity contribution >= 4 is 21.9 Å². The summed E-state index contributed by atoms with van der Waals surface area (Å²) in [6.07, 6.45) is 3.97. The maximum absolute atomic E-state index is 11.3. The molecule has 0 aliphatic heterocycles. The summed E-state index contributed by atoms with van der Waals surface area (Å²) in [5, 5.41) is 13.7. The number of nitrogens with zero attached hydrogens (tertiary/aromatic N) is 2. The van der Waals surface area contributed by atoms with Gasteiger partial charge in [-0.05, 0) is 53.7 Å². The van der Waals surface area contributed by atoms with E-state index in [0.29, 0.717) is 22.0 Å². The van der Waals surface area contributed by atoms with Gasteiger partial charge in [-0.1, -0.05) is 0 Å². The van der Waals surface area contributed by atoms with E-state index in [1.807, 2.05) is 0 Å². The SMILES string of the molecule is CC(C1CC1)n1cc(C(=O)O)c(-c2ccc(Br)o2)n1. The van der Waals surface area contributed by atoms with Gasteiger partial charge in [0.2, 0.25) is 0 Å². The summed E-state index contributed by atoms with van der Waals surface area (Å²) in [5.41, 5.74) is 0.556. The first-order valence-electron chi connectivity index (χ1n) is 6.14. The van der Waals surface area contributed by atoms with Crippen molar-refractivity contribution in [3.63, 3.8) is 0 Å². The molecule has 2 aromatic heterocycles. The number of halogens is 1. The molecule has 1 saturated carbocycles. The fourth-order valence-electron chi connectivity index (χ4n) is 2.17. The Morgan fingerprint density at radius 3 is 2.84 bits per heavy atom. The molecule has 5 nitrogen and oxygen atoms in total. The number of furan rings is 1. The van der Waals surface area contributed by atoms with Gasteiger partial charge in [0.05, 0.1) is 6.04 Å². The van der Waals surface area contributed by atoms with Crippen molar-refractivity contribution in [2.45, 2.75) is 25.8 Å². The van der Waals surface area contributed by atoms with E-state index in [2.05, 4.69) is 28.0 Å². The zero-order chi connectivity index (χ0) is 13.6. The number of rotatable bonds is 4. The van der Waals surface area contributed by atoms with Crippen molar-refractivity contribution in [3.05, 3.63) is 28.6 Å². The van der Waals surface area contributed by atoms with Crippen LogP contribution in [0.25, 0.3) is 11.5 Å². The monoisotopic (exact) mass is 324 g/mol. The van der Waals surface area contributed by atoms with Gasteiger partial charge in [0.15, 0.2) is 10.4 Å². The minimum Gasteiger partial charge on any atom is -0.478 e. The topological polar surface area (TPSA) is 68.3 Å². The Morgan fingerprint density at radius 1 is 1.58 bits per heavy atom. The highest BCUT2D eigenvalue weighted by atomic mass is 79.9. The first-order chi connectivity index (χ1) is 9.06. The van der Waals surface area contributed by atoms with E-state index < -0.39 is 5.97 Å². The second kappa shape index (κ2) is 4.52. The molecule has 2 aromatic rings. The second-order valence-corrected chi connectivity index (χ2v) is 5.64. The highest BCUT2D eigenvalue weighted by Crippen LogP contribution is 2.40. The number of hydrogen-bond donors (Lipinski definition) is 1. The molecule has 1 aliphatic carbocycles. The normalized spacial score (nSPS) is 16.5. The van der Waals surface area contributed by atoms with E-state index in [1.54, 1.807) is 23.0 Å². The zero-order valence-corrected chi connectivity index (χ0v) is 11.9. The van der Waals surface area contributed by atoms with E-state index in [9.17, 15) is 9.90 Å². The van der Waals surface area contributed by atoms with Crippen LogP contribution in [0.5, 0.6) is 0 Å². The lowest BCUT2D eigenvalue weighted by molar-refractivity contribution is 0.0697. The average molecular weight is 325 g/mol. The quantitative estimate of drug-likeness (QED) is 0.933. The van der Waals surface area contributed by atoms with Crippen molar-refractivity contribution in [2.75, 3.05) is 0 Å². The lowest BCUT2D eigenvalue weighted by Crippen LogP contribution is -2.07. The molecule has 0 amide bonds. The molecule has 0 saturated heterocycles. The fourth-order valence-corrected chi connectivity index (χ4v) is 2.48. The molecule has 19 heavy (non-hydrogen) atoms. The van der Waals surface area contributed by atoms with Crippen LogP contribution in [0, 0.1) is 5.92 Å². The molecule has 0 aromatic carbocycles. The number of carboxylic acids is 1. The summed E-state index contributed by atoms with van der Waals surface area (Å²) >= 11 is 3.21. The molecule has 1 aliphatic rings. The predicted molar refractivity (Wildman–Crippen MR) is 72.0 cm³/mol. The lowest BCUT2D eigenvalue weighted by Gasteiger charge is -2.09. The minimum atomic E-state index is -0.989. The van der Waals surface area contributed by atoms with Gasteiger partial charge in [0.25, 0.3) is 0 Å². The molecule has 100 valence electrons. The molecule has 2 heterocycles. The van der Waals surface area contributed by atoms with Crippen LogP contribution in [0.2, 0.25) is 0 Å². The van der Waals surface area contributed by atoms with Crippen LogP contribution in [0.15, 0.2) is 27.4 Å². The van der Waals surface area contributed by atoms with Gasteiger partial charge in [-0.15, -0.1) is 0 Å². The Kier molecular flexibility index (Phi) is 2.97. The number of aromatic nitrogens is 2. The summed E-state index contributed by atoms with van der Waals surface area (Å²) in [6.45, 7) is 2.07. The Hall–Kier alpha value is -1.56. The van der Waals surface area contributed by atoms with Crippen LogP contribution in [0.1, 0.15) is 36.2 Å². The molecule has 1 N–H and O–H groups in total. The summed E-state index contributed by atoms with van der Waals surface area (Å²) in [4.78, 5) is 11.3. The maximum atomic E-state index is 11.3. The van der Waals surface area contributed by atoms with Crippen molar-refractivity contribution in [1.29, 1.82) is 0 Å². The summed E-state index contributed by atoms with van der Waals surface area (Å²) in [6, 6.07) is 3.67. The van der Waals surface area contributed by atoms with Gasteiger partial charge in [0.1, 0.15) is 11.3 Å². The Labute approximate surface area is 118 Å². The largest absolute Gasteiger partial charge is 0.478 e. The van der Waals surface area contributed by atoms with Crippen LogP contribution in [-0.2, 0) is 0 Å². The van der Waals surface area contributed by atoms with E-state index in [0.717, 1.165) is 0 Å². The molecule has 1 fully saturated rings. The molecule has 1 atom stereocenters. The van der Waals surface area contributed by atoms with Crippen LogP contribution < -0.4 is 0 Å². The van der Waals surface area contributed by atoms with E-state index >= 15 is 0 Å². The van der Waals surface area contributed by atoms with E-state index in [-0.39, 0.29) is 11.6 Å². The third-order valence-electron chi connectivity index (χ3n) is 3.49. The van der Waals surface area contributed by atoms with Gasteiger partial charge < -0.3 is 9.52 Å². The second-order valence-electron chi connectivity index (χ2n) is 4.86. The number of carboxylic acid groups (broad SMARTS) is 1. The summed E-state index contributed by atoms with van der Waals surface area (Å²) in [5.74, 6) is 0.0838. The molecular formula is C13H13BrN2O3. The van der Waals surface area contributed by atoms with Crippen molar-refractivity contribution < 1.29 is 14.3 Å². The van der Waals surface area contributed by atoms with Gasteiger partial charge in [-0.25, -0.2) is 4.79 Å².